The van der Waals surface area contributed by atoms with Gasteiger partial charge < -0.3 is 14.7 Å². The molecule has 1 aromatic carbocycles. The Hall–Kier alpha value is -1.55. The zero-order valence-corrected chi connectivity index (χ0v) is 14.9. The van der Waals surface area contributed by atoms with Crippen molar-refractivity contribution >= 4 is 5.71 Å². The van der Waals surface area contributed by atoms with Crippen LogP contribution in [0.2, 0.25) is 0 Å². The van der Waals surface area contributed by atoms with Crippen molar-refractivity contribution in [3.63, 3.8) is 0 Å². The highest BCUT2D eigenvalue weighted by Crippen LogP contribution is 2.19. The minimum absolute atomic E-state index is 0.00674. The van der Waals surface area contributed by atoms with Crippen molar-refractivity contribution in [1.29, 1.82) is 0 Å². The van der Waals surface area contributed by atoms with Crippen LogP contribution in [0, 0.1) is 0 Å². The second kappa shape index (κ2) is 11.1. The first kappa shape index (κ1) is 18.8. The SMILES string of the molecule is CCCCCCCCCCOc1ccc(C2=NOC(CO)C2)cc1. The van der Waals surface area contributed by atoms with Crippen LogP contribution in [0.1, 0.15) is 70.3 Å². The molecule has 0 aliphatic carbocycles. The summed E-state index contributed by atoms with van der Waals surface area (Å²) in [5, 5.41) is 13.1. The van der Waals surface area contributed by atoms with Crippen LogP contribution < -0.4 is 4.74 Å². The van der Waals surface area contributed by atoms with Crippen LogP contribution >= 0.6 is 0 Å². The summed E-state index contributed by atoms with van der Waals surface area (Å²) < 4.78 is 5.80. The normalized spacial score (nSPS) is 16.8. The van der Waals surface area contributed by atoms with E-state index in [0.29, 0.717) is 6.42 Å². The number of benzene rings is 1. The molecule has 0 saturated heterocycles. The lowest BCUT2D eigenvalue weighted by Gasteiger charge is -2.07. The summed E-state index contributed by atoms with van der Waals surface area (Å²) in [7, 11) is 0. The maximum Gasteiger partial charge on any atom is 0.156 e. The molecule has 134 valence electrons. The first-order valence-electron chi connectivity index (χ1n) is 9.40. The van der Waals surface area contributed by atoms with Gasteiger partial charge in [-0.05, 0) is 36.2 Å². The van der Waals surface area contributed by atoms with Crippen LogP contribution in [0.4, 0.5) is 0 Å². The van der Waals surface area contributed by atoms with Crippen LogP contribution in [0.5, 0.6) is 5.75 Å². The molecule has 0 fully saturated rings. The number of nitrogens with zero attached hydrogens (tertiary/aromatic N) is 1. The lowest BCUT2D eigenvalue weighted by molar-refractivity contribution is 0.0390. The van der Waals surface area contributed by atoms with E-state index >= 15 is 0 Å². The lowest BCUT2D eigenvalue weighted by atomic mass is 10.1. The Balaban J connectivity index is 1.57. The number of unbranched alkanes of at least 4 members (excludes halogenated alkanes) is 7. The number of hydrogen-bond donors (Lipinski definition) is 1. The average molecular weight is 333 g/mol. The number of oxime groups is 1. The van der Waals surface area contributed by atoms with Crippen molar-refractivity contribution in [2.24, 2.45) is 5.16 Å². The van der Waals surface area contributed by atoms with Gasteiger partial charge in [0.05, 0.1) is 18.9 Å². The van der Waals surface area contributed by atoms with Crippen LogP contribution in [-0.2, 0) is 4.84 Å². The molecule has 4 heteroatoms. The number of aliphatic hydroxyl groups excluding tert-OH is 1. The summed E-state index contributed by atoms with van der Waals surface area (Å²) in [4.78, 5) is 5.14. The van der Waals surface area contributed by atoms with E-state index in [1.165, 1.54) is 44.9 Å². The molecule has 1 atom stereocenters. The van der Waals surface area contributed by atoms with Crippen molar-refractivity contribution in [1.82, 2.24) is 0 Å². The average Bonchev–Trinajstić information content (AvgIpc) is 3.10. The molecular formula is C20H31NO3. The van der Waals surface area contributed by atoms with Gasteiger partial charge in [-0.2, -0.15) is 0 Å². The highest BCUT2D eigenvalue weighted by molar-refractivity contribution is 6.01. The zero-order valence-electron chi connectivity index (χ0n) is 14.9. The molecule has 0 bridgehead atoms. The first-order chi connectivity index (χ1) is 11.8. The predicted molar refractivity (Wildman–Crippen MR) is 97.7 cm³/mol. The van der Waals surface area contributed by atoms with Crippen molar-refractivity contribution in [2.45, 2.75) is 70.8 Å². The molecule has 1 aliphatic heterocycles. The molecule has 0 aromatic heterocycles. The summed E-state index contributed by atoms with van der Waals surface area (Å²) in [6, 6.07) is 7.97. The topological polar surface area (TPSA) is 51.0 Å². The van der Waals surface area contributed by atoms with Crippen LogP contribution in [-0.4, -0.2) is 30.1 Å². The third kappa shape index (κ3) is 6.52. The fourth-order valence-electron chi connectivity index (χ4n) is 2.87. The highest BCUT2D eigenvalue weighted by Gasteiger charge is 2.20. The van der Waals surface area contributed by atoms with E-state index in [-0.39, 0.29) is 12.7 Å². The van der Waals surface area contributed by atoms with Crippen LogP contribution in [0.15, 0.2) is 29.4 Å². The molecule has 1 unspecified atom stereocenters. The quantitative estimate of drug-likeness (QED) is 0.564. The maximum atomic E-state index is 9.07. The van der Waals surface area contributed by atoms with Crippen LogP contribution in [0.25, 0.3) is 0 Å². The van der Waals surface area contributed by atoms with Gasteiger partial charge in [0.15, 0.2) is 6.10 Å². The van der Waals surface area contributed by atoms with E-state index in [1.54, 1.807) is 0 Å². The maximum absolute atomic E-state index is 9.07. The van der Waals surface area contributed by atoms with Crippen molar-refractivity contribution in [2.75, 3.05) is 13.2 Å². The van der Waals surface area contributed by atoms with Gasteiger partial charge in [0, 0.05) is 6.42 Å². The molecule has 4 nitrogen and oxygen atoms in total. The van der Waals surface area contributed by atoms with Gasteiger partial charge in [0.2, 0.25) is 0 Å². The standard InChI is InChI=1S/C20H31NO3/c1-2-3-4-5-6-7-8-9-14-23-18-12-10-17(11-13-18)20-15-19(16-22)24-21-20/h10-13,19,22H,2-9,14-16H2,1H3. The van der Waals surface area contributed by atoms with Crippen molar-refractivity contribution in [3.05, 3.63) is 29.8 Å². The van der Waals surface area contributed by atoms with Gasteiger partial charge in [0.1, 0.15) is 5.75 Å². The fourth-order valence-corrected chi connectivity index (χ4v) is 2.87. The van der Waals surface area contributed by atoms with Crippen molar-refractivity contribution in [3.8, 4) is 5.75 Å². The predicted octanol–water partition coefficient (Wildman–Crippen LogP) is 4.69. The number of rotatable bonds is 12. The summed E-state index contributed by atoms with van der Waals surface area (Å²) >= 11 is 0. The molecule has 0 saturated carbocycles. The number of aliphatic hydroxyl groups is 1. The molecule has 24 heavy (non-hydrogen) atoms. The smallest absolute Gasteiger partial charge is 0.156 e. The summed E-state index contributed by atoms with van der Waals surface area (Å²) in [5.74, 6) is 0.903. The minimum atomic E-state index is -0.196. The Bertz CT molecular complexity index is 484. The van der Waals surface area contributed by atoms with E-state index in [4.69, 9.17) is 14.7 Å². The molecule has 1 N–H and O–H groups in total. The van der Waals surface area contributed by atoms with Crippen LogP contribution in [0.3, 0.4) is 0 Å². The molecule has 1 aliphatic rings. The third-order valence-corrected chi connectivity index (χ3v) is 4.39. The van der Waals surface area contributed by atoms with E-state index < -0.39 is 0 Å². The van der Waals surface area contributed by atoms with Crippen molar-refractivity contribution < 1.29 is 14.7 Å². The third-order valence-electron chi connectivity index (χ3n) is 4.39. The van der Waals surface area contributed by atoms with Gasteiger partial charge in [-0.15, -0.1) is 0 Å². The molecule has 1 aromatic rings. The number of hydrogen-bond acceptors (Lipinski definition) is 4. The molecule has 0 spiro atoms. The summed E-state index contributed by atoms with van der Waals surface area (Å²) in [6.07, 6.45) is 11.0. The van der Waals surface area contributed by atoms with E-state index in [0.717, 1.165) is 30.1 Å². The van der Waals surface area contributed by atoms with Gasteiger partial charge in [0.25, 0.3) is 0 Å². The Labute approximate surface area is 145 Å². The van der Waals surface area contributed by atoms with E-state index in [9.17, 15) is 0 Å². The zero-order chi connectivity index (χ0) is 17.0. The Kier molecular flexibility index (Phi) is 8.67. The fraction of sp³-hybridized carbons (Fsp3) is 0.650. The molecule has 0 radical (unpaired) electrons. The van der Waals surface area contributed by atoms with E-state index in [2.05, 4.69) is 12.1 Å². The largest absolute Gasteiger partial charge is 0.494 e. The molecule has 2 rings (SSSR count). The summed E-state index contributed by atoms with van der Waals surface area (Å²) in [6.45, 7) is 3.04. The molecule has 1 heterocycles. The minimum Gasteiger partial charge on any atom is -0.494 e. The summed E-state index contributed by atoms with van der Waals surface area (Å²) in [5.41, 5.74) is 1.93. The highest BCUT2D eigenvalue weighted by atomic mass is 16.6. The Morgan fingerprint density at radius 1 is 1.04 bits per heavy atom. The monoisotopic (exact) mass is 333 g/mol. The number of ether oxygens (including phenoxy) is 1. The van der Waals surface area contributed by atoms with Gasteiger partial charge in [-0.3, -0.25) is 0 Å². The second-order valence-electron chi connectivity index (χ2n) is 6.50. The molecule has 0 amide bonds. The Morgan fingerprint density at radius 2 is 1.71 bits per heavy atom. The first-order valence-corrected chi connectivity index (χ1v) is 9.40. The van der Waals surface area contributed by atoms with Gasteiger partial charge >= 0.3 is 0 Å². The van der Waals surface area contributed by atoms with Gasteiger partial charge in [-0.1, -0.05) is 57.0 Å². The Morgan fingerprint density at radius 3 is 2.33 bits per heavy atom. The van der Waals surface area contributed by atoms with E-state index in [1.807, 2.05) is 24.3 Å². The molecular weight excluding hydrogens is 302 g/mol. The van der Waals surface area contributed by atoms with Gasteiger partial charge in [-0.25, -0.2) is 0 Å². The second-order valence-corrected chi connectivity index (χ2v) is 6.50. The lowest BCUT2D eigenvalue weighted by Crippen LogP contribution is -2.12.